The first-order chi connectivity index (χ1) is 9.33. The zero-order chi connectivity index (χ0) is 13.1. The molecule has 100 valence electrons. The number of nitrogens with one attached hydrogen (secondary N) is 1. The number of benzene rings is 1. The fourth-order valence-electron chi connectivity index (χ4n) is 2.26. The van der Waals surface area contributed by atoms with Crippen LogP contribution in [0.1, 0.15) is 5.69 Å². The third-order valence-corrected chi connectivity index (χ3v) is 3.54. The third kappa shape index (κ3) is 2.94. The second kappa shape index (κ2) is 5.69. The van der Waals surface area contributed by atoms with E-state index in [2.05, 4.69) is 20.5 Å². The molecule has 1 aromatic heterocycles. The van der Waals surface area contributed by atoms with E-state index in [1.54, 1.807) is 0 Å². The van der Waals surface area contributed by atoms with Gasteiger partial charge in [0.2, 0.25) is 0 Å². The highest BCUT2D eigenvalue weighted by atomic mass is 35.5. The van der Waals surface area contributed by atoms with Gasteiger partial charge in [0, 0.05) is 37.7 Å². The summed E-state index contributed by atoms with van der Waals surface area (Å²) < 4.78 is 1.87. The van der Waals surface area contributed by atoms with E-state index in [4.69, 9.17) is 11.6 Å². The highest BCUT2D eigenvalue weighted by Gasteiger charge is 2.13. The summed E-state index contributed by atoms with van der Waals surface area (Å²) >= 11 is 5.91. The molecule has 1 aliphatic heterocycles. The van der Waals surface area contributed by atoms with Gasteiger partial charge in [-0.15, -0.1) is 5.10 Å². The van der Waals surface area contributed by atoms with Crippen LogP contribution in [0.2, 0.25) is 5.02 Å². The molecule has 0 spiro atoms. The average Bonchev–Trinajstić information content (AvgIpc) is 2.89. The summed E-state index contributed by atoms with van der Waals surface area (Å²) in [5.41, 5.74) is 2.09. The quantitative estimate of drug-likeness (QED) is 0.919. The number of hydrogen-bond acceptors (Lipinski definition) is 4. The van der Waals surface area contributed by atoms with Crippen LogP contribution in [0.4, 0.5) is 0 Å². The minimum absolute atomic E-state index is 0.729. The van der Waals surface area contributed by atoms with Crippen molar-refractivity contribution in [3.8, 4) is 5.69 Å². The molecule has 1 fully saturated rings. The van der Waals surface area contributed by atoms with Gasteiger partial charge in [0.25, 0.3) is 0 Å². The van der Waals surface area contributed by atoms with Crippen LogP contribution in [0, 0.1) is 0 Å². The van der Waals surface area contributed by atoms with Crippen LogP contribution >= 0.6 is 11.6 Å². The number of piperazine rings is 1. The molecule has 0 unspecified atom stereocenters. The predicted octanol–water partition coefficient (Wildman–Crippen LogP) is 1.33. The topological polar surface area (TPSA) is 46.0 Å². The second-order valence-corrected chi connectivity index (χ2v) is 5.08. The van der Waals surface area contributed by atoms with Crippen molar-refractivity contribution in [2.24, 2.45) is 0 Å². The van der Waals surface area contributed by atoms with E-state index in [9.17, 15) is 0 Å². The van der Waals surface area contributed by atoms with Gasteiger partial charge in [0.1, 0.15) is 0 Å². The molecule has 0 saturated carbocycles. The summed E-state index contributed by atoms with van der Waals surface area (Å²) in [5.74, 6) is 0. The van der Waals surface area contributed by atoms with E-state index < -0.39 is 0 Å². The zero-order valence-electron chi connectivity index (χ0n) is 10.6. The largest absolute Gasteiger partial charge is 0.314 e. The van der Waals surface area contributed by atoms with Crippen molar-refractivity contribution < 1.29 is 0 Å². The lowest BCUT2D eigenvalue weighted by atomic mass is 10.3. The van der Waals surface area contributed by atoms with E-state index in [1.807, 2.05) is 35.1 Å². The first-order valence-electron chi connectivity index (χ1n) is 6.41. The molecule has 2 aromatic rings. The Bertz CT molecular complexity index is 530. The molecule has 1 aromatic carbocycles. The number of halogens is 1. The van der Waals surface area contributed by atoms with Crippen molar-refractivity contribution >= 4 is 11.6 Å². The molecule has 5 nitrogen and oxygen atoms in total. The summed E-state index contributed by atoms with van der Waals surface area (Å²) in [5, 5.41) is 12.3. The normalized spacial score (nSPS) is 16.7. The molecule has 6 heteroatoms. The van der Waals surface area contributed by atoms with Crippen LogP contribution in [0.15, 0.2) is 30.5 Å². The predicted molar refractivity (Wildman–Crippen MR) is 74.5 cm³/mol. The molecule has 19 heavy (non-hydrogen) atoms. The van der Waals surface area contributed by atoms with Gasteiger partial charge >= 0.3 is 0 Å². The van der Waals surface area contributed by atoms with E-state index in [1.165, 1.54) is 0 Å². The fraction of sp³-hybridized carbons (Fsp3) is 0.385. The highest BCUT2D eigenvalue weighted by Crippen LogP contribution is 2.15. The Labute approximate surface area is 117 Å². The van der Waals surface area contributed by atoms with Crippen molar-refractivity contribution in [1.29, 1.82) is 0 Å². The van der Waals surface area contributed by atoms with Gasteiger partial charge in [0.15, 0.2) is 0 Å². The second-order valence-electron chi connectivity index (χ2n) is 4.64. The van der Waals surface area contributed by atoms with Gasteiger partial charge in [-0.3, -0.25) is 4.90 Å². The molecule has 0 radical (unpaired) electrons. The van der Waals surface area contributed by atoms with Gasteiger partial charge in [0.05, 0.1) is 17.6 Å². The van der Waals surface area contributed by atoms with Gasteiger partial charge in [-0.25, -0.2) is 4.68 Å². The molecular formula is C13H16ClN5. The Morgan fingerprint density at radius 3 is 2.63 bits per heavy atom. The molecule has 1 N–H and O–H groups in total. The maximum absolute atomic E-state index is 5.91. The summed E-state index contributed by atoms with van der Waals surface area (Å²) in [7, 11) is 0. The smallest absolute Gasteiger partial charge is 0.0786 e. The van der Waals surface area contributed by atoms with Crippen molar-refractivity contribution in [3.63, 3.8) is 0 Å². The number of rotatable bonds is 3. The fourth-order valence-corrected chi connectivity index (χ4v) is 2.39. The van der Waals surface area contributed by atoms with Crippen LogP contribution in [0.3, 0.4) is 0 Å². The Morgan fingerprint density at radius 2 is 1.89 bits per heavy atom. The zero-order valence-corrected chi connectivity index (χ0v) is 11.3. The van der Waals surface area contributed by atoms with Gasteiger partial charge in [-0.1, -0.05) is 16.8 Å². The highest BCUT2D eigenvalue weighted by molar-refractivity contribution is 6.30. The van der Waals surface area contributed by atoms with E-state index in [0.717, 1.165) is 49.1 Å². The Morgan fingerprint density at radius 1 is 1.16 bits per heavy atom. The van der Waals surface area contributed by atoms with Crippen LogP contribution in [-0.4, -0.2) is 46.1 Å². The van der Waals surface area contributed by atoms with Crippen LogP contribution < -0.4 is 5.32 Å². The van der Waals surface area contributed by atoms with Gasteiger partial charge in [-0.2, -0.15) is 0 Å². The summed E-state index contributed by atoms with van der Waals surface area (Å²) in [6.07, 6.45) is 1.83. The van der Waals surface area contributed by atoms with Crippen LogP contribution in [0.25, 0.3) is 5.69 Å². The molecule has 1 saturated heterocycles. The summed E-state index contributed by atoms with van der Waals surface area (Å²) in [6.45, 7) is 5.08. The minimum Gasteiger partial charge on any atom is -0.314 e. The lowest BCUT2D eigenvalue weighted by molar-refractivity contribution is 0.229. The van der Waals surface area contributed by atoms with Crippen molar-refractivity contribution in [2.75, 3.05) is 26.2 Å². The molecule has 0 bridgehead atoms. The minimum atomic E-state index is 0.729. The molecule has 0 aliphatic carbocycles. The number of nitrogens with zero attached hydrogens (tertiary/aromatic N) is 4. The maximum Gasteiger partial charge on any atom is 0.0786 e. The van der Waals surface area contributed by atoms with Crippen molar-refractivity contribution in [3.05, 3.63) is 41.2 Å². The summed E-state index contributed by atoms with van der Waals surface area (Å²) in [6, 6.07) is 7.65. The van der Waals surface area contributed by atoms with Crippen LogP contribution in [-0.2, 0) is 6.54 Å². The first kappa shape index (κ1) is 12.6. The summed E-state index contributed by atoms with van der Waals surface area (Å²) in [4.78, 5) is 2.40. The molecule has 0 amide bonds. The van der Waals surface area contributed by atoms with E-state index in [-0.39, 0.29) is 0 Å². The molecule has 3 rings (SSSR count). The Hall–Kier alpha value is -1.43. The lowest BCUT2D eigenvalue weighted by Crippen LogP contribution is -2.43. The maximum atomic E-state index is 5.91. The van der Waals surface area contributed by atoms with E-state index in [0.29, 0.717) is 0 Å². The molecule has 2 heterocycles. The Balaban J connectivity index is 1.79. The third-order valence-electron chi connectivity index (χ3n) is 3.29. The van der Waals surface area contributed by atoms with Crippen molar-refractivity contribution in [2.45, 2.75) is 6.54 Å². The lowest BCUT2D eigenvalue weighted by Gasteiger charge is -2.26. The standard InChI is InChI=1S/C13H16ClN5/c14-11-1-3-12(4-2-11)19-13(9-16-17-19)10-18-7-5-15-6-8-18/h1-4,9,15H,5-8,10H2. The number of aromatic nitrogens is 3. The van der Waals surface area contributed by atoms with E-state index >= 15 is 0 Å². The molecule has 0 atom stereocenters. The monoisotopic (exact) mass is 277 g/mol. The first-order valence-corrected chi connectivity index (χ1v) is 6.79. The van der Waals surface area contributed by atoms with Crippen molar-refractivity contribution in [1.82, 2.24) is 25.2 Å². The van der Waals surface area contributed by atoms with Gasteiger partial charge in [-0.05, 0) is 24.3 Å². The molecular weight excluding hydrogens is 262 g/mol. The van der Waals surface area contributed by atoms with Gasteiger partial charge < -0.3 is 5.32 Å². The Kier molecular flexibility index (Phi) is 3.77. The van der Waals surface area contributed by atoms with Crippen LogP contribution in [0.5, 0.6) is 0 Å². The average molecular weight is 278 g/mol. The number of hydrogen-bond donors (Lipinski definition) is 1. The molecule has 1 aliphatic rings. The SMILES string of the molecule is Clc1ccc(-n2nncc2CN2CCNCC2)cc1.